The highest BCUT2D eigenvalue weighted by molar-refractivity contribution is 6.32. The lowest BCUT2D eigenvalue weighted by molar-refractivity contribution is 0.435. The summed E-state index contributed by atoms with van der Waals surface area (Å²) >= 11 is 0. The Hall–Kier alpha value is -1.64. The Kier molecular flexibility index (Phi) is 3.80. The maximum atomic E-state index is 10.1. The lowest BCUT2D eigenvalue weighted by Gasteiger charge is -2.23. The Labute approximate surface area is 109 Å². The summed E-state index contributed by atoms with van der Waals surface area (Å²) in [5, 5.41) is 10.1. The molecule has 1 aromatic carbocycles. The third kappa shape index (κ3) is 2.61. The van der Waals surface area contributed by atoms with Gasteiger partial charge in [0, 0.05) is 11.5 Å². The normalized spacial score (nSPS) is 19.2. The summed E-state index contributed by atoms with van der Waals surface area (Å²) in [7, 11) is 5.73. The molecule has 0 fully saturated rings. The van der Waals surface area contributed by atoms with E-state index < -0.39 is 0 Å². The largest absolute Gasteiger partial charge is 0.508 e. The van der Waals surface area contributed by atoms with Gasteiger partial charge in [-0.15, -0.1) is 0 Å². The molecule has 1 atom stereocenters. The molecule has 1 N–H and O–H groups in total. The second-order valence-corrected chi connectivity index (χ2v) is 4.75. The van der Waals surface area contributed by atoms with Crippen molar-refractivity contribution < 1.29 is 9.84 Å². The number of hydrogen-bond acceptors (Lipinski definition) is 2. The van der Waals surface area contributed by atoms with Gasteiger partial charge in [-0.25, -0.2) is 0 Å². The van der Waals surface area contributed by atoms with Crippen molar-refractivity contribution in [2.45, 2.75) is 32.1 Å². The fourth-order valence-corrected chi connectivity index (χ4v) is 2.53. The van der Waals surface area contributed by atoms with Crippen molar-refractivity contribution in [1.29, 1.82) is 0 Å². The molecule has 2 nitrogen and oxygen atoms in total. The van der Waals surface area contributed by atoms with Crippen LogP contribution in [0.1, 0.15) is 37.7 Å². The van der Waals surface area contributed by atoms with Gasteiger partial charge < -0.3 is 9.84 Å². The Morgan fingerprint density at radius 1 is 1.50 bits per heavy atom. The quantitative estimate of drug-likeness (QED) is 0.500. The molecule has 3 heteroatoms. The minimum atomic E-state index is 0.189. The second kappa shape index (κ2) is 5.34. The van der Waals surface area contributed by atoms with Crippen LogP contribution in [0, 0.1) is 0 Å². The molecule has 0 aliphatic heterocycles. The first-order valence-corrected chi connectivity index (χ1v) is 6.19. The predicted molar refractivity (Wildman–Crippen MR) is 74.7 cm³/mol. The molecule has 1 unspecified atom stereocenters. The molecule has 0 amide bonds. The van der Waals surface area contributed by atoms with Gasteiger partial charge in [-0.2, -0.15) is 0 Å². The van der Waals surface area contributed by atoms with Crippen LogP contribution in [-0.4, -0.2) is 13.0 Å². The first-order chi connectivity index (χ1) is 8.61. The van der Waals surface area contributed by atoms with Crippen LogP contribution in [0.3, 0.4) is 0 Å². The number of benzene rings is 1. The predicted octanol–water partition coefficient (Wildman–Crippen LogP) is 2.92. The molecule has 0 heterocycles. The van der Waals surface area contributed by atoms with Gasteiger partial charge in [0.15, 0.2) is 0 Å². The smallest absolute Gasteiger partial charge is 0.133 e. The molecule has 2 rings (SSSR count). The zero-order chi connectivity index (χ0) is 13.1. The van der Waals surface area contributed by atoms with Crippen molar-refractivity contribution in [3.8, 4) is 11.5 Å². The fraction of sp³-hybridized carbons (Fsp3) is 0.333. The van der Waals surface area contributed by atoms with Crippen LogP contribution in [0.4, 0.5) is 0 Å². The topological polar surface area (TPSA) is 29.5 Å². The fourth-order valence-electron chi connectivity index (χ4n) is 2.53. The number of rotatable bonds is 3. The molecular weight excluding hydrogens is 223 g/mol. The van der Waals surface area contributed by atoms with Crippen molar-refractivity contribution in [3.05, 3.63) is 42.2 Å². The van der Waals surface area contributed by atoms with Crippen molar-refractivity contribution in [3.63, 3.8) is 0 Å². The summed E-state index contributed by atoms with van der Waals surface area (Å²) in [4.78, 5) is 0. The van der Waals surface area contributed by atoms with Gasteiger partial charge in [0.1, 0.15) is 19.3 Å². The molecule has 0 spiro atoms. The Morgan fingerprint density at radius 2 is 2.28 bits per heavy atom. The number of phenolic OH excluding ortho intramolecular Hbond substituents is 1. The molecule has 92 valence electrons. The van der Waals surface area contributed by atoms with Gasteiger partial charge in [-0.05, 0) is 38.3 Å². The second-order valence-electron chi connectivity index (χ2n) is 4.75. The van der Waals surface area contributed by atoms with E-state index >= 15 is 0 Å². The summed E-state index contributed by atoms with van der Waals surface area (Å²) in [6.45, 7) is 5.68. The molecule has 1 aromatic rings. The van der Waals surface area contributed by atoms with Crippen LogP contribution >= 0.6 is 0 Å². The van der Waals surface area contributed by atoms with E-state index in [-0.39, 0.29) is 11.7 Å². The first-order valence-electron chi connectivity index (χ1n) is 6.19. The van der Waals surface area contributed by atoms with Crippen LogP contribution < -0.4 is 10.2 Å². The summed E-state index contributed by atoms with van der Waals surface area (Å²) in [6, 6.07) is 3.30. The highest BCUT2D eigenvalue weighted by Gasteiger charge is 2.21. The summed E-state index contributed by atoms with van der Waals surface area (Å²) in [5.74, 6) is 0.982. The molecule has 18 heavy (non-hydrogen) atoms. The third-order valence-corrected chi connectivity index (χ3v) is 3.30. The van der Waals surface area contributed by atoms with Gasteiger partial charge in [-0.3, -0.25) is 0 Å². The molecule has 1 aliphatic carbocycles. The van der Waals surface area contributed by atoms with Crippen LogP contribution in [0.5, 0.6) is 11.5 Å². The molecule has 0 aromatic heterocycles. The SMILES string of the molecule is [B]c1cc(O)c(C2C=C(C)CCC2)c(OC=C)c1. The van der Waals surface area contributed by atoms with Crippen molar-refractivity contribution in [1.82, 2.24) is 0 Å². The molecule has 1 aliphatic rings. The van der Waals surface area contributed by atoms with Crippen LogP contribution in [0.25, 0.3) is 0 Å². The van der Waals surface area contributed by atoms with E-state index in [4.69, 9.17) is 12.6 Å². The number of hydrogen-bond donors (Lipinski definition) is 1. The van der Waals surface area contributed by atoms with Crippen LogP contribution in [-0.2, 0) is 0 Å². The third-order valence-electron chi connectivity index (χ3n) is 3.30. The van der Waals surface area contributed by atoms with E-state index in [0.717, 1.165) is 24.8 Å². The van der Waals surface area contributed by atoms with Crippen molar-refractivity contribution in [2.75, 3.05) is 0 Å². The number of ether oxygens (including phenoxy) is 1. The van der Waals surface area contributed by atoms with Crippen LogP contribution in [0.2, 0.25) is 0 Å². The Bertz CT molecular complexity index is 492. The molecule has 0 saturated carbocycles. The Balaban J connectivity index is 2.47. The minimum absolute atomic E-state index is 0.189. The maximum Gasteiger partial charge on any atom is 0.133 e. The van der Waals surface area contributed by atoms with E-state index in [1.807, 2.05) is 0 Å². The number of aromatic hydroxyl groups is 1. The summed E-state index contributed by atoms with van der Waals surface area (Å²) < 4.78 is 5.38. The number of phenols is 1. The number of allylic oxidation sites excluding steroid dienone is 2. The zero-order valence-electron chi connectivity index (χ0n) is 10.6. The molecular formula is C15H17BO2. The highest BCUT2D eigenvalue weighted by atomic mass is 16.5. The lowest BCUT2D eigenvalue weighted by atomic mass is 9.83. The average molecular weight is 240 g/mol. The maximum absolute atomic E-state index is 10.1. The summed E-state index contributed by atoms with van der Waals surface area (Å²) in [6.07, 6.45) is 6.83. The standard InChI is InChI=1S/C15H17BO2/c1-3-18-14-9-12(16)8-13(17)15(14)11-6-4-5-10(2)7-11/h3,7-9,11,17H,1,4-6H2,2H3. The van der Waals surface area contributed by atoms with E-state index in [9.17, 15) is 5.11 Å². The molecule has 0 saturated heterocycles. The van der Waals surface area contributed by atoms with E-state index in [2.05, 4.69) is 19.6 Å². The van der Waals surface area contributed by atoms with Gasteiger partial charge >= 0.3 is 0 Å². The van der Waals surface area contributed by atoms with Crippen molar-refractivity contribution in [2.24, 2.45) is 0 Å². The van der Waals surface area contributed by atoms with E-state index in [1.54, 1.807) is 12.1 Å². The van der Waals surface area contributed by atoms with Gasteiger partial charge in [0.2, 0.25) is 0 Å². The highest BCUT2D eigenvalue weighted by Crippen LogP contribution is 2.40. The molecule has 0 bridgehead atoms. The summed E-state index contributed by atoms with van der Waals surface area (Å²) in [5.41, 5.74) is 2.65. The van der Waals surface area contributed by atoms with Gasteiger partial charge in [0.25, 0.3) is 0 Å². The Morgan fingerprint density at radius 3 is 2.94 bits per heavy atom. The monoisotopic (exact) mass is 240 g/mol. The zero-order valence-corrected chi connectivity index (χ0v) is 10.6. The minimum Gasteiger partial charge on any atom is -0.508 e. The van der Waals surface area contributed by atoms with E-state index in [1.165, 1.54) is 11.8 Å². The lowest BCUT2D eigenvalue weighted by Crippen LogP contribution is -2.09. The first kappa shape index (κ1) is 12.8. The van der Waals surface area contributed by atoms with Crippen molar-refractivity contribution >= 4 is 13.3 Å². The average Bonchev–Trinajstić information content (AvgIpc) is 2.28. The van der Waals surface area contributed by atoms with Gasteiger partial charge in [-0.1, -0.05) is 23.7 Å². The van der Waals surface area contributed by atoms with Gasteiger partial charge in [0.05, 0.1) is 6.26 Å². The van der Waals surface area contributed by atoms with E-state index in [0.29, 0.717) is 11.2 Å². The molecule has 2 radical (unpaired) electrons. The van der Waals surface area contributed by atoms with Crippen LogP contribution in [0.15, 0.2) is 36.6 Å².